The molecule has 0 spiro atoms. The molecule has 0 heterocycles. The number of nitrogens with one attached hydrogen (secondary N) is 2. The molecule has 0 aromatic heterocycles. The van der Waals surface area contributed by atoms with Crippen LogP contribution in [-0.4, -0.2) is 22.0 Å². The summed E-state index contributed by atoms with van der Waals surface area (Å²) in [5.41, 5.74) is 1.04. The molecule has 0 saturated heterocycles. The van der Waals surface area contributed by atoms with Crippen molar-refractivity contribution >= 4 is 10.0 Å². The zero-order valence-electron chi connectivity index (χ0n) is 9.73. The summed E-state index contributed by atoms with van der Waals surface area (Å²) in [7, 11) is -1.59. The van der Waals surface area contributed by atoms with Crippen LogP contribution in [0.5, 0.6) is 0 Å². The van der Waals surface area contributed by atoms with Crippen LogP contribution in [0.15, 0.2) is 29.2 Å². The molecule has 2 N–H and O–H groups in total. The Morgan fingerprint density at radius 3 is 2.47 bits per heavy atom. The predicted octanol–water partition coefficient (Wildman–Crippen LogP) is 0.708. The second-order valence-corrected chi connectivity index (χ2v) is 5.29. The van der Waals surface area contributed by atoms with Crippen molar-refractivity contribution in [1.29, 1.82) is 0 Å². The van der Waals surface area contributed by atoms with E-state index >= 15 is 0 Å². The van der Waals surface area contributed by atoms with Gasteiger partial charge >= 0.3 is 0 Å². The van der Waals surface area contributed by atoms with Crippen LogP contribution in [0.25, 0.3) is 0 Å². The lowest BCUT2D eigenvalue weighted by molar-refractivity contribution is 0.582. The Hall–Kier alpha value is -1.35. The van der Waals surface area contributed by atoms with Gasteiger partial charge in [0, 0.05) is 19.5 Å². The molecule has 0 atom stereocenters. The largest absolute Gasteiger partial charge is 0.316 e. The monoisotopic (exact) mass is 252 g/mol. The van der Waals surface area contributed by atoms with E-state index in [4.69, 9.17) is 6.42 Å². The molecule has 92 valence electrons. The zero-order valence-corrected chi connectivity index (χ0v) is 10.5. The van der Waals surface area contributed by atoms with Gasteiger partial charge in [0.05, 0.1) is 4.90 Å². The molecule has 0 radical (unpaired) electrons. The van der Waals surface area contributed by atoms with Gasteiger partial charge in [0.15, 0.2) is 0 Å². The topological polar surface area (TPSA) is 58.2 Å². The second-order valence-electron chi connectivity index (χ2n) is 3.53. The van der Waals surface area contributed by atoms with Gasteiger partial charge in [-0.05, 0) is 24.7 Å². The van der Waals surface area contributed by atoms with Gasteiger partial charge in [-0.15, -0.1) is 12.3 Å². The lowest BCUT2D eigenvalue weighted by Crippen LogP contribution is -2.24. The molecule has 0 aliphatic carbocycles. The molecule has 17 heavy (non-hydrogen) atoms. The summed E-state index contributed by atoms with van der Waals surface area (Å²) in [6.45, 7) is 0.974. The standard InChI is InChI=1S/C12H16N2O2S/c1-3-4-9-14-17(15,16)12-7-5-11(6-8-12)10-13-2/h1,5-8,13-14H,4,9-10H2,2H3. The third kappa shape index (κ3) is 4.19. The first kappa shape index (κ1) is 13.7. The second kappa shape index (κ2) is 6.40. The smallest absolute Gasteiger partial charge is 0.240 e. The van der Waals surface area contributed by atoms with Gasteiger partial charge in [-0.1, -0.05) is 12.1 Å². The fourth-order valence-electron chi connectivity index (χ4n) is 1.33. The van der Waals surface area contributed by atoms with Crippen LogP contribution in [0.4, 0.5) is 0 Å². The maximum Gasteiger partial charge on any atom is 0.240 e. The van der Waals surface area contributed by atoms with Crippen LogP contribution in [0.2, 0.25) is 0 Å². The van der Waals surface area contributed by atoms with E-state index in [0.717, 1.165) is 5.56 Å². The molecule has 1 aromatic rings. The molecule has 0 fully saturated rings. The lowest BCUT2D eigenvalue weighted by Gasteiger charge is -2.06. The molecule has 5 heteroatoms. The summed E-state index contributed by atoms with van der Waals surface area (Å²) in [6.07, 6.45) is 5.44. The van der Waals surface area contributed by atoms with E-state index in [1.807, 2.05) is 7.05 Å². The Morgan fingerprint density at radius 2 is 1.94 bits per heavy atom. The summed E-state index contributed by atoms with van der Waals surface area (Å²) in [6, 6.07) is 6.74. The Labute approximate surface area is 102 Å². The molecular weight excluding hydrogens is 236 g/mol. The Kier molecular flexibility index (Phi) is 5.16. The van der Waals surface area contributed by atoms with Gasteiger partial charge in [0.1, 0.15) is 0 Å². The number of sulfonamides is 1. The molecule has 4 nitrogen and oxygen atoms in total. The van der Waals surface area contributed by atoms with E-state index in [9.17, 15) is 8.42 Å². The maximum absolute atomic E-state index is 11.8. The van der Waals surface area contributed by atoms with Crippen molar-refractivity contribution in [3.63, 3.8) is 0 Å². The fourth-order valence-corrected chi connectivity index (χ4v) is 2.36. The molecule has 1 aromatic carbocycles. The molecule has 0 aliphatic heterocycles. The highest BCUT2D eigenvalue weighted by Crippen LogP contribution is 2.10. The van der Waals surface area contributed by atoms with Crippen LogP contribution in [0, 0.1) is 12.3 Å². The van der Waals surface area contributed by atoms with Gasteiger partial charge < -0.3 is 5.32 Å². The summed E-state index contributed by atoms with van der Waals surface area (Å²) < 4.78 is 26.0. The highest BCUT2D eigenvalue weighted by Gasteiger charge is 2.12. The van der Waals surface area contributed by atoms with Gasteiger partial charge in [-0.3, -0.25) is 0 Å². The fraction of sp³-hybridized carbons (Fsp3) is 0.333. The quantitative estimate of drug-likeness (QED) is 0.579. The Bertz CT molecular complexity index is 486. The van der Waals surface area contributed by atoms with Gasteiger partial charge in [0.2, 0.25) is 10.0 Å². The van der Waals surface area contributed by atoms with E-state index in [-0.39, 0.29) is 11.4 Å². The van der Waals surface area contributed by atoms with E-state index in [1.54, 1.807) is 24.3 Å². The third-order valence-electron chi connectivity index (χ3n) is 2.18. The SMILES string of the molecule is C#CCCNS(=O)(=O)c1ccc(CNC)cc1. The zero-order chi connectivity index (χ0) is 12.7. The number of hydrogen-bond donors (Lipinski definition) is 2. The van der Waals surface area contributed by atoms with E-state index < -0.39 is 10.0 Å². The maximum atomic E-state index is 11.8. The van der Waals surface area contributed by atoms with Crippen molar-refractivity contribution in [3.05, 3.63) is 29.8 Å². The molecule has 0 unspecified atom stereocenters. The van der Waals surface area contributed by atoms with Crippen LogP contribution >= 0.6 is 0 Å². The van der Waals surface area contributed by atoms with E-state index in [0.29, 0.717) is 13.0 Å². The average molecular weight is 252 g/mol. The first-order chi connectivity index (χ1) is 8.10. The van der Waals surface area contributed by atoms with Crippen molar-refractivity contribution in [3.8, 4) is 12.3 Å². The molecule has 1 rings (SSSR count). The van der Waals surface area contributed by atoms with E-state index in [2.05, 4.69) is 16.0 Å². The van der Waals surface area contributed by atoms with Crippen LogP contribution in [0.1, 0.15) is 12.0 Å². The van der Waals surface area contributed by atoms with Crippen LogP contribution in [-0.2, 0) is 16.6 Å². The third-order valence-corrected chi connectivity index (χ3v) is 3.65. The summed E-state index contributed by atoms with van der Waals surface area (Å²) in [5.74, 6) is 2.38. The van der Waals surface area contributed by atoms with Crippen molar-refractivity contribution in [1.82, 2.24) is 10.0 Å². The average Bonchev–Trinajstić information content (AvgIpc) is 2.30. The number of terminal acetylenes is 1. The van der Waals surface area contributed by atoms with E-state index in [1.165, 1.54) is 0 Å². The predicted molar refractivity (Wildman–Crippen MR) is 67.8 cm³/mol. The summed E-state index contributed by atoms with van der Waals surface area (Å²) in [4.78, 5) is 0.259. The van der Waals surface area contributed by atoms with Gasteiger partial charge in [0.25, 0.3) is 0 Å². The summed E-state index contributed by atoms with van der Waals surface area (Å²) >= 11 is 0. The minimum Gasteiger partial charge on any atom is -0.316 e. The van der Waals surface area contributed by atoms with Gasteiger partial charge in [-0.25, -0.2) is 13.1 Å². The van der Waals surface area contributed by atoms with Crippen LogP contribution in [0.3, 0.4) is 0 Å². The van der Waals surface area contributed by atoms with Crippen molar-refractivity contribution in [2.45, 2.75) is 17.9 Å². The summed E-state index contributed by atoms with van der Waals surface area (Å²) in [5, 5.41) is 3.00. The van der Waals surface area contributed by atoms with Crippen LogP contribution < -0.4 is 10.0 Å². The number of benzene rings is 1. The van der Waals surface area contributed by atoms with Crippen molar-refractivity contribution in [2.24, 2.45) is 0 Å². The normalized spacial score (nSPS) is 11.1. The number of rotatable bonds is 6. The molecular formula is C12H16N2O2S. The highest BCUT2D eigenvalue weighted by atomic mass is 32.2. The highest BCUT2D eigenvalue weighted by molar-refractivity contribution is 7.89. The minimum atomic E-state index is -3.43. The molecule has 0 bridgehead atoms. The first-order valence-electron chi connectivity index (χ1n) is 5.27. The van der Waals surface area contributed by atoms with Crippen molar-refractivity contribution < 1.29 is 8.42 Å². The van der Waals surface area contributed by atoms with Crippen molar-refractivity contribution in [2.75, 3.05) is 13.6 Å². The molecule has 0 aliphatic rings. The Balaban J connectivity index is 2.75. The molecule has 0 amide bonds. The van der Waals surface area contributed by atoms with Gasteiger partial charge in [-0.2, -0.15) is 0 Å². The molecule has 0 saturated carbocycles. The Morgan fingerprint density at radius 1 is 1.29 bits per heavy atom. The first-order valence-corrected chi connectivity index (χ1v) is 6.75. The lowest BCUT2D eigenvalue weighted by atomic mass is 10.2. The minimum absolute atomic E-state index is 0.259. The number of hydrogen-bond acceptors (Lipinski definition) is 3.